The van der Waals surface area contributed by atoms with E-state index < -0.39 is 5.82 Å². The number of rotatable bonds is 5. The lowest BCUT2D eigenvalue weighted by atomic mass is 10.1. The third-order valence-corrected chi connectivity index (χ3v) is 3.04. The van der Waals surface area contributed by atoms with Crippen molar-refractivity contribution in [1.82, 2.24) is 5.32 Å². The van der Waals surface area contributed by atoms with Gasteiger partial charge in [0.25, 0.3) is 0 Å². The standard InChI is InChI=1S/C16H14F2N2/c17-15-7-2-1-4-12(15)8-9-20-11-14-6-3-5-13(10-19)16(14)18/h1-7,20H,8-9,11H2. The summed E-state index contributed by atoms with van der Waals surface area (Å²) in [4.78, 5) is 0. The minimum absolute atomic E-state index is 0.0402. The lowest BCUT2D eigenvalue weighted by Gasteiger charge is -2.07. The first kappa shape index (κ1) is 14.2. The number of halogens is 2. The van der Waals surface area contributed by atoms with Gasteiger partial charge in [0.05, 0.1) is 5.56 Å². The van der Waals surface area contributed by atoms with Crippen molar-refractivity contribution in [1.29, 1.82) is 5.26 Å². The second-order valence-electron chi connectivity index (χ2n) is 4.41. The molecule has 2 aromatic carbocycles. The Hall–Kier alpha value is -2.25. The molecule has 0 aliphatic carbocycles. The largest absolute Gasteiger partial charge is 0.312 e. The van der Waals surface area contributed by atoms with Crippen LogP contribution in [0.15, 0.2) is 42.5 Å². The predicted molar refractivity (Wildman–Crippen MR) is 72.9 cm³/mol. The topological polar surface area (TPSA) is 35.8 Å². The minimum Gasteiger partial charge on any atom is -0.312 e. The molecule has 20 heavy (non-hydrogen) atoms. The number of hydrogen-bond acceptors (Lipinski definition) is 2. The van der Waals surface area contributed by atoms with E-state index in [2.05, 4.69) is 5.32 Å². The Morgan fingerprint density at radius 2 is 1.75 bits per heavy atom. The fourth-order valence-electron chi connectivity index (χ4n) is 1.95. The highest BCUT2D eigenvalue weighted by Gasteiger charge is 2.07. The molecule has 1 N–H and O–H groups in total. The minimum atomic E-state index is -0.492. The molecule has 0 fully saturated rings. The van der Waals surface area contributed by atoms with Gasteiger partial charge >= 0.3 is 0 Å². The summed E-state index contributed by atoms with van der Waals surface area (Å²) in [5, 5.41) is 11.8. The summed E-state index contributed by atoms with van der Waals surface area (Å²) in [6.07, 6.45) is 0.534. The Morgan fingerprint density at radius 1 is 1.00 bits per heavy atom. The van der Waals surface area contributed by atoms with Crippen LogP contribution in [0.1, 0.15) is 16.7 Å². The van der Waals surface area contributed by atoms with E-state index in [4.69, 9.17) is 5.26 Å². The van der Waals surface area contributed by atoms with Crippen LogP contribution in [0.5, 0.6) is 0 Å². The van der Waals surface area contributed by atoms with Gasteiger partial charge in [-0.25, -0.2) is 8.78 Å². The average Bonchev–Trinajstić information content (AvgIpc) is 2.47. The molecule has 2 aromatic rings. The van der Waals surface area contributed by atoms with E-state index in [-0.39, 0.29) is 11.4 Å². The molecule has 2 nitrogen and oxygen atoms in total. The van der Waals surface area contributed by atoms with Gasteiger partial charge in [0, 0.05) is 12.1 Å². The lowest BCUT2D eigenvalue weighted by molar-refractivity contribution is 0.576. The maximum absolute atomic E-state index is 13.8. The van der Waals surface area contributed by atoms with Gasteiger partial charge in [-0.1, -0.05) is 30.3 Å². The first-order valence-corrected chi connectivity index (χ1v) is 6.34. The van der Waals surface area contributed by atoms with Crippen molar-refractivity contribution >= 4 is 0 Å². The van der Waals surface area contributed by atoms with Crippen molar-refractivity contribution in [2.24, 2.45) is 0 Å². The van der Waals surface area contributed by atoms with Gasteiger partial charge in [-0.3, -0.25) is 0 Å². The molecule has 0 aliphatic rings. The fraction of sp³-hybridized carbons (Fsp3) is 0.188. The van der Waals surface area contributed by atoms with Gasteiger partial charge in [-0.05, 0) is 30.7 Å². The van der Waals surface area contributed by atoms with Gasteiger partial charge in [0.2, 0.25) is 0 Å². The van der Waals surface area contributed by atoms with Crippen molar-refractivity contribution < 1.29 is 8.78 Å². The summed E-state index contributed by atoms with van der Waals surface area (Å²) < 4.78 is 27.1. The molecule has 0 saturated carbocycles. The third-order valence-electron chi connectivity index (χ3n) is 3.04. The molecule has 0 radical (unpaired) electrons. The van der Waals surface area contributed by atoms with Crippen LogP contribution < -0.4 is 5.32 Å². The van der Waals surface area contributed by atoms with E-state index in [1.165, 1.54) is 12.1 Å². The van der Waals surface area contributed by atoms with Gasteiger partial charge in [0.15, 0.2) is 0 Å². The monoisotopic (exact) mass is 272 g/mol. The predicted octanol–water partition coefficient (Wildman–Crippen LogP) is 3.17. The van der Waals surface area contributed by atoms with E-state index in [0.717, 1.165) is 0 Å². The summed E-state index contributed by atoms with van der Waals surface area (Å²) in [5.41, 5.74) is 1.11. The van der Waals surface area contributed by atoms with E-state index in [1.807, 2.05) is 6.07 Å². The van der Waals surface area contributed by atoms with E-state index >= 15 is 0 Å². The summed E-state index contributed by atoms with van der Waals surface area (Å²) in [7, 11) is 0. The highest BCUT2D eigenvalue weighted by molar-refractivity contribution is 5.34. The Morgan fingerprint density at radius 3 is 2.50 bits per heavy atom. The van der Waals surface area contributed by atoms with Crippen LogP contribution in [0, 0.1) is 23.0 Å². The van der Waals surface area contributed by atoms with E-state index in [9.17, 15) is 8.78 Å². The smallest absolute Gasteiger partial charge is 0.145 e. The number of nitrogens with zero attached hydrogens (tertiary/aromatic N) is 1. The number of nitriles is 1. The van der Waals surface area contributed by atoms with Crippen molar-refractivity contribution in [3.05, 3.63) is 70.8 Å². The second kappa shape index (κ2) is 6.78. The molecule has 2 rings (SSSR count). The highest BCUT2D eigenvalue weighted by Crippen LogP contribution is 2.12. The highest BCUT2D eigenvalue weighted by atomic mass is 19.1. The summed E-state index contributed by atoms with van der Waals surface area (Å²) in [6.45, 7) is 0.854. The molecule has 0 aromatic heterocycles. The Labute approximate surface area is 116 Å². The quantitative estimate of drug-likeness (QED) is 0.849. The molecular weight excluding hydrogens is 258 g/mol. The van der Waals surface area contributed by atoms with Gasteiger partial charge in [-0.15, -0.1) is 0 Å². The molecule has 0 aliphatic heterocycles. The van der Waals surface area contributed by atoms with Crippen LogP contribution in [-0.4, -0.2) is 6.54 Å². The molecule has 0 atom stereocenters. The number of benzene rings is 2. The maximum Gasteiger partial charge on any atom is 0.145 e. The van der Waals surface area contributed by atoms with Crippen LogP contribution in [0.3, 0.4) is 0 Å². The fourth-order valence-corrected chi connectivity index (χ4v) is 1.95. The lowest BCUT2D eigenvalue weighted by Crippen LogP contribution is -2.18. The molecule has 0 amide bonds. The third kappa shape index (κ3) is 3.40. The molecule has 0 unspecified atom stereocenters. The van der Waals surface area contributed by atoms with E-state index in [1.54, 1.807) is 30.3 Å². The zero-order chi connectivity index (χ0) is 14.4. The van der Waals surface area contributed by atoms with Crippen LogP contribution in [-0.2, 0) is 13.0 Å². The molecule has 4 heteroatoms. The van der Waals surface area contributed by atoms with Crippen LogP contribution in [0.4, 0.5) is 8.78 Å². The Kier molecular flexibility index (Phi) is 4.80. The molecule has 102 valence electrons. The molecule has 0 saturated heterocycles. The normalized spacial score (nSPS) is 10.2. The molecule has 0 spiro atoms. The first-order valence-electron chi connectivity index (χ1n) is 6.34. The van der Waals surface area contributed by atoms with Crippen LogP contribution in [0.2, 0.25) is 0 Å². The van der Waals surface area contributed by atoms with Crippen LogP contribution >= 0.6 is 0 Å². The number of nitrogens with one attached hydrogen (secondary N) is 1. The van der Waals surface area contributed by atoms with E-state index in [0.29, 0.717) is 30.6 Å². The zero-order valence-corrected chi connectivity index (χ0v) is 10.9. The summed E-state index contributed by atoms with van der Waals surface area (Å²) >= 11 is 0. The first-order chi connectivity index (χ1) is 9.72. The average molecular weight is 272 g/mol. The van der Waals surface area contributed by atoms with Crippen molar-refractivity contribution in [2.45, 2.75) is 13.0 Å². The second-order valence-corrected chi connectivity index (χ2v) is 4.41. The van der Waals surface area contributed by atoms with Gasteiger partial charge < -0.3 is 5.32 Å². The Bertz CT molecular complexity index is 633. The SMILES string of the molecule is N#Cc1cccc(CNCCc2ccccc2F)c1F. The van der Waals surface area contributed by atoms with Crippen LogP contribution in [0.25, 0.3) is 0 Å². The van der Waals surface area contributed by atoms with Crippen molar-refractivity contribution in [3.63, 3.8) is 0 Å². The van der Waals surface area contributed by atoms with Crippen molar-refractivity contribution in [3.8, 4) is 6.07 Å². The number of hydrogen-bond donors (Lipinski definition) is 1. The van der Waals surface area contributed by atoms with Gasteiger partial charge in [0.1, 0.15) is 17.7 Å². The molecule has 0 heterocycles. The molecular formula is C16H14F2N2. The maximum atomic E-state index is 13.8. The Balaban J connectivity index is 1.88. The summed E-state index contributed by atoms with van der Waals surface area (Å²) in [6, 6.07) is 13.1. The van der Waals surface area contributed by atoms with Crippen molar-refractivity contribution in [2.75, 3.05) is 6.54 Å². The van der Waals surface area contributed by atoms with Gasteiger partial charge in [-0.2, -0.15) is 5.26 Å². The molecule has 0 bridgehead atoms. The zero-order valence-electron chi connectivity index (χ0n) is 10.9. The summed E-state index contributed by atoms with van der Waals surface area (Å²) in [5.74, 6) is -0.722.